The van der Waals surface area contributed by atoms with E-state index in [1.165, 1.54) is 0 Å². The number of aryl methyl sites for hydroxylation is 1. The Kier molecular flexibility index (Phi) is 8.00. The summed E-state index contributed by atoms with van der Waals surface area (Å²) in [4.78, 5) is 14.4. The van der Waals surface area contributed by atoms with Crippen LogP contribution >= 0.6 is 11.6 Å². The third-order valence-electron chi connectivity index (χ3n) is 4.35. The summed E-state index contributed by atoms with van der Waals surface area (Å²) in [5.41, 5.74) is 1.97. The van der Waals surface area contributed by atoms with E-state index in [1.54, 1.807) is 0 Å². The lowest BCUT2D eigenvalue weighted by atomic mass is 10.0. The van der Waals surface area contributed by atoms with E-state index in [9.17, 15) is 4.79 Å². The molecule has 1 saturated heterocycles. The fourth-order valence-corrected chi connectivity index (χ4v) is 2.97. The summed E-state index contributed by atoms with van der Waals surface area (Å²) in [6, 6.07) is 3.83. The number of nitrogens with zero attached hydrogens (tertiary/aromatic N) is 1. The van der Waals surface area contributed by atoms with Crippen molar-refractivity contribution in [3.8, 4) is 5.75 Å². The van der Waals surface area contributed by atoms with Crippen LogP contribution in [-0.2, 0) is 9.53 Å². The summed E-state index contributed by atoms with van der Waals surface area (Å²) in [5.74, 6) is 0.925. The Morgan fingerprint density at radius 3 is 2.76 bits per heavy atom. The molecule has 0 radical (unpaired) electrons. The minimum Gasteiger partial charge on any atom is -0.483 e. The zero-order valence-electron chi connectivity index (χ0n) is 15.4. The Bertz CT molecular complexity index is 572. The molecule has 0 unspecified atom stereocenters. The molecule has 0 spiro atoms. The lowest BCUT2D eigenvalue weighted by Gasteiger charge is -2.26. The molecule has 0 aliphatic carbocycles. The van der Waals surface area contributed by atoms with Crippen molar-refractivity contribution < 1.29 is 14.3 Å². The van der Waals surface area contributed by atoms with Gasteiger partial charge in [0.05, 0.1) is 13.2 Å². The maximum atomic E-state index is 12.0. The van der Waals surface area contributed by atoms with Gasteiger partial charge in [0.2, 0.25) is 0 Å². The highest BCUT2D eigenvalue weighted by Gasteiger charge is 2.13. The van der Waals surface area contributed by atoms with Gasteiger partial charge in [-0.25, -0.2) is 0 Å². The average Bonchev–Trinajstić information content (AvgIpc) is 2.60. The number of carbonyl (C=O) groups is 1. The molecule has 6 heteroatoms. The van der Waals surface area contributed by atoms with E-state index in [0.717, 1.165) is 61.2 Å². The summed E-state index contributed by atoms with van der Waals surface area (Å²) in [6.07, 6.45) is 0.934. The van der Waals surface area contributed by atoms with Crippen LogP contribution < -0.4 is 10.1 Å². The van der Waals surface area contributed by atoms with Gasteiger partial charge in [0.1, 0.15) is 5.75 Å². The number of hydrogen-bond donors (Lipinski definition) is 1. The van der Waals surface area contributed by atoms with E-state index in [2.05, 4.69) is 24.1 Å². The van der Waals surface area contributed by atoms with E-state index < -0.39 is 0 Å². The van der Waals surface area contributed by atoms with Gasteiger partial charge < -0.3 is 14.8 Å². The molecule has 1 aromatic rings. The normalized spacial score (nSPS) is 15.4. The number of ether oxygens (including phenoxy) is 2. The van der Waals surface area contributed by atoms with Gasteiger partial charge >= 0.3 is 0 Å². The Morgan fingerprint density at radius 1 is 1.36 bits per heavy atom. The molecule has 5 nitrogen and oxygen atoms in total. The molecular formula is C19H29ClN2O3. The highest BCUT2D eigenvalue weighted by Crippen LogP contribution is 2.31. The molecule has 1 aromatic carbocycles. The molecule has 1 heterocycles. The smallest absolute Gasteiger partial charge is 0.257 e. The van der Waals surface area contributed by atoms with Crippen molar-refractivity contribution in [2.75, 3.05) is 46.0 Å². The zero-order valence-corrected chi connectivity index (χ0v) is 16.2. The van der Waals surface area contributed by atoms with Gasteiger partial charge in [-0.05, 0) is 49.1 Å². The van der Waals surface area contributed by atoms with Crippen molar-refractivity contribution in [1.82, 2.24) is 10.2 Å². The molecule has 0 saturated carbocycles. The van der Waals surface area contributed by atoms with Gasteiger partial charge in [0.15, 0.2) is 6.61 Å². The number of carbonyl (C=O) groups excluding carboxylic acids is 1. The number of amides is 1. The Morgan fingerprint density at radius 2 is 2.08 bits per heavy atom. The molecule has 1 N–H and O–H groups in total. The molecule has 1 amide bonds. The second-order valence-corrected chi connectivity index (χ2v) is 7.15. The maximum absolute atomic E-state index is 12.0. The van der Waals surface area contributed by atoms with Crippen LogP contribution in [-0.4, -0.2) is 56.8 Å². The first kappa shape index (κ1) is 20.0. The number of rotatable bonds is 8. The van der Waals surface area contributed by atoms with E-state index in [-0.39, 0.29) is 18.4 Å². The van der Waals surface area contributed by atoms with Crippen LogP contribution in [0.15, 0.2) is 12.1 Å². The number of halogens is 1. The van der Waals surface area contributed by atoms with Crippen molar-refractivity contribution >= 4 is 17.5 Å². The quantitative estimate of drug-likeness (QED) is 0.717. The fourth-order valence-electron chi connectivity index (χ4n) is 2.80. The summed E-state index contributed by atoms with van der Waals surface area (Å²) in [6.45, 7) is 11.3. The van der Waals surface area contributed by atoms with E-state index in [0.29, 0.717) is 6.54 Å². The van der Waals surface area contributed by atoms with Crippen molar-refractivity contribution in [1.29, 1.82) is 0 Å². The molecule has 140 valence electrons. The first-order valence-corrected chi connectivity index (χ1v) is 9.35. The van der Waals surface area contributed by atoms with Crippen LogP contribution in [0.4, 0.5) is 0 Å². The van der Waals surface area contributed by atoms with E-state index >= 15 is 0 Å². The van der Waals surface area contributed by atoms with Crippen LogP contribution in [0.2, 0.25) is 5.02 Å². The largest absolute Gasteiger partial charge is 0.483 e. The summed E-state index contributed by atoms with van der Waals surface area (Å²) in [7, 11) is 0. The van der Waals surface area contributed by atoms with Gasteiger partial charge in [0, 0.05) is 24.7 Å². The highest BCUT2D eigenvalue weighted by atomic mass is 35.5. The number of nitrogens with one attached hydrogen (secondary N) is 1. The molecule has 25 heavy (non-hydrogen) atoms. The lowest BCUT2D eigenvalue weighted by molar-refractivity contribution is -0.123. The summed E-state index contributed by atoms with van der Waals surface area (Å²) >= 11 is 6.19. The first-order chi connectivity index (χ1) is 12.0. The van der Waals surface area contributed by atoms with Gasteiger partial charge in [-0.1, -0.05) is 25.4 Å². The van der Waals surface area contributed by atoms with Gasteiger partial charge in [-0.3, -0.25) is 9.69 Å². The summed E-state index contributed by atoms with van der Waals surface area (Å²) in [5, 5.41) is 3.64. The third kappa shape index (κ3) is 6.49. The molecule has 0 bridgehead atoms. The minimum atomic E-state index is -0.0933. The molecule has 0 aromatic heterocycles. The van der Waals surface area contributed by atoms with Crippen LogP contribution in [0.25, 0.3) is 0 Å². The second kappa shape index (κ2) is 10.00. The Hall–Kier alpha value is -1.30. The van der Waals surface area contributed by atoms with Crippen molar-refractivity contribution in [2.45, 2.75) is 33.1 Å². The SMILES string of the molecule is Cc1cc(OCC(=O)NCCCN2CCOCC2)c(C(C)C)cc1Cl. The van der Waals surface area contributed by atoms with Crippen LogP contribution in [0, 0.1) is 6.92 Å². The van der Waals surface area contributed by atoms with E-state index in [4.69, 9.17) is 21.1 Å². The molecule has 1 fully saturated rings. The molecular weight excluding hydrogens is 340 g/mol. The topological polar surface area (TPSA) is 50.8 Å². The predicted octanol–water partition coefficient (Wildman–Crippen LogP) is 2.99. The molecule has 1 aliphatic rings. The summed E-state index contributed by atoms with van der Waals surface area (Å²) < 4.78 is 11.1. The molecule has 2 rings (SSSR count). The highest BCUT2D eigenvalue weighted by molar-refractivity contribution is 6.31. The van der Waals surface area contributed by atoms with Gasteiger partial charge in [-0.15, -0.1) is 0 Å². The third-order valence-corrected chi connectivity index (χ3v) is 4.76. The van der Waals surface area contributed by atoms with Crippen LogP contribution in [0.1, 0.15) is 37.3 Å². The Balaban J connectivity index is 1.73. The lowest BCUT2D eigenvalue weighted by Crippen LogP contribution is -2.38. The minimum absolute atomic E-state index is 0.0261. The standard InChI is InChI=1S/C19H29ClN2O3/c1-14(2)16-12-17(20)15(3)11-18(16)25-13-19(23)21-5-4-6-22-7-9-24-10-8-22/h11-12,14H,4-10,13H2,1-3H3,(H,21,23). The van der Waals surface area contributed by atoms with Crippen LogP contribution in [0.5, 0.6) is 5.75 Å². The van der Waals surface area contributed by atoms with Crippen LogP contribution in [0.3, 0.4) is 0 Å². The van der Waals surface area contributed by atoms with Gasteiger partial charge in [0.25, 0.3) is 5.91 Å². The van der Waals surface area contributed by atoms with Crippen molar-refractivity contribution in [3.63, 3.8) is 0 Å². The average molecular weight is 369 g/mol. The molecule has 0 atom stereocenters. The fraction of sp³-hybridized carbons (Fsp3) is 0.632. The number of benzene rings is 1. The first-order valence-electron chi connectivity index (χ1n) is 8.97. The zero-order chi connectivity index (χ0) is 18.2. The number of morpholine rings is 1. The van der Waals surface area contributed by atoms with Crippen molar-refractivity contribution in [3.05, 3.63) is 28.3 Å². The monoisotopic (exact) mass is 368 g/mol. The number of hydrogen-bond acceptors (Lipinski definition) is 4. The maximum Gasteiger partial charge on any atom is 0.257 e. The van der Waals surface area contributed by atoms with E-state index in [1.807, 2.05) is 19.1 Å². The van der Waals surface area contributed by atoms with Crippen molar-refractivity contribution in [2.24, 2.45) is 0 Å². The predicted molar refractivity (Wildman–Crippen MR) is 101 cm³/mol. The Labute approximate surface area is 155 Å². The molecule has 1 aliphatic heterocycles. The second-order valence-electron chi connectivity index (χ2n) is 6.74. The van der Waals surface area contributed by atoms with Gasteiger partial charge in [-0.2, -0.15) is 0 Å².